The molecule has 0 aliphatic rings. The molecule has 0 bridgehead atoms. The van der Waals surface area contributed by atoms with E-state index in [1.165, 1.54) is 0 Å². The second kappa shape index (κ2) is 4.56. The molecule has 1 aromatic carbocycles. The molecule has 20 heavy (non-hydrogen) atoms. The third-order valence-electron chi connectivity index (χ3n) is 3.35. The van der Waals surface area contributed by atoms with Crippen molar-refractivity contribution in [2.24, 2.45) is 0 Å². The number of nitrogens with one attached hydrogen (secondary N) is 1. The van der Waals surface area contributed by atoms with E-state index < -0.39 is 0 Å². The number of aromatic amines is 1. The minimum Gasteiger partial charge on any atom is -0.298 e. The molecule has 0 radical (unpaired) electrons. The van der Waals surface area contributed by atoms with E-state index in [1.807, 2.05) is 35.0 Å². The fraction of sp³-hybridized carbons (Fsp3) is 0.250. The number of H-pyrrole nitrogens is 1. The van der Waals surface area contributed by atoms with Crippen molar-refractivity contribution in [2.45, 2.75) is 26.2 Å². The number of hydrogen-bond acceptors (Lipinski definition) is 2. The van der Waals surface area contributed by atoms with Gasteiger partial charge in [-0.05, 0) is 11.6 Å². The highest BCUT2D eigenvalue weighted by Crippen LogP contribution is 2.26. The number of nitrogens with zero attached hydrogens (tertiary/aromatic N) is 2. The van der Waals surface area contributed by atoms with Crippen LogP contribution in [-0.2, 0) is 5.41 Å². The van der Waals surface area contributed by atoms with Crippen LogP contribution in [0, 0.1) is 4.64 Å². The number of hydrogen-bond donors (Lipinski definition) is 1. The number of rotatable bonds is 1. The van der Waals surface area contributed by atoms with Crippen molar-refractivity contribution in [1.29, 1.82) is 0 Å². The van der Waals surface area contributed by atoms with E-state index in [0.29, 0.717) is 0 Å². The van der Waals surface area contributed by atoms with Crippen LogP contribution in [0.2, 0.25) is 0 Å². The summed E-state index contributed by atoms with van der Waals surface area (Å²) < 4.78 is 2.61. The summed E-state index contributed by atoms with van der Waals surface area (Å²) >= 11 is 5.47. The van der Waals surface area contributed by atoms with E-state index in [1.54, 1.807) is 0 Å². The zero-order chi connectivity index (χ0) is 14.3. The van der Waals surface area contributed by atoms with Crippen molar-refractivity contribution in [3.8, 4) is 11.1 Å². The zero-order valence-electron chi connectivity index (χ0n) is 11.8. The third-order valence-corrected chi connectivity index (χ3v) is 3.65. The van der Waals surface area contributed by atoms with Crippen LogP contribution in [0.1, 0.15) is 26.5 Å². The molecule has 0 saturated heterocycles. The fourth-order valence-electron chi connectivity index (χ4n) is 2.20. The Hall–Kier alpha value is -1.94. The van der Waals surface area contributed by atoms with E-state index in [0.717, 1.165) is 27.1 Å². The molecule has 2 heterocycles. The summed E-state index contributed by atoms with van der Waals surface area (Å²) in [4.78, 5) is 4.81. The molecular weight excluding hydrogens is 266 g/mol. The lowest BCUT2D eigenvalue weighted by atomic mass is 9.92. The van der Waals surface area contributed by atoms with Gasteiger partial charge in [-0.2, -0.15) is 0 Å². The Morgan fingerprint density at radius 1 is 1.15 bits per heavy atom. The second-order valence-corrected chi connectivity index (χ2v) is 6.36. The van der Waals surface area contributed by atoms with Crippen LogP contribution in [0.15, 0.2) is 42.6 Å². The van der Waals surface area contributed by atoms with Crippen LogP contribution in [0.3, 0.4) is 0 Å². The lowest BCUT2D eigenvalue weighted by Crippen LogP contribution is -2.14. The number of benzene rings is 1. The van der Waals surface area contributed by atoms with Gasteiger partial charge in [0.05, 0.1) is 5.69 Å². The lowest BCUT2D eigenvalue weighted by Gasteiger charge is -2.17. The second-order valence-electron chi connectivity index (χ2n) is 5.94. The first kappa shape index (κ1) is 13.1. The van der Waals surface area contributed by atoms with E-state index in [9.17, 15) is 0 Å². The summed E-state index contributed by atoms with van der Waals surface area (Å²) in [6, 6.07) is 12.2. The Labute approximate surface area is 123 Å². The van der Waals surface area contributed by atoms with Crippen molar-refractivity contribution >= 4 is 17.9 Å². The first-order valence-corrected chi connectivity index (χ1v) is 7.05. The average molecular weight is 283 g/mol. The largest absolute Gasteiger partial charge is 0.298 e. The summed E-state index contributed by atoms with van der Waals surface area (Å²) in [6.45, 7) is 6.44. The van der Waals surface area contributed by atoms with Gasteiger partial charge in [-0.25, -0.2) is 9.50 Å². The Morgan fingerprint density at radius 3 is 2.50 bits per heavy atom. The van der Waals surface area contributed by atoms with Crippen LogP contribution in [0.5, 0.6) is 0 Å². The van der Waals surface area contributed by atoms with Gasteiger partial charge >= 0.3 is 0 Å². The van der Waals surface area contributed by atoms with Gasteiger partial charge in [-0.1, -0.05) is 63.3 Å². The monoisotopic (exact) mass is 283 g/mol. The van der Waals surface area contributed by atoms with E-state index in [-0.39, 0.29) is 5.41 Å². The summed E-state index contributed by atoms with van der Waals surface area (Å²) in [7, 11) is 0. The summed E-state index contributed by atoms with van der Waals surface area (Å²) in [6.07, 6.45) is 1.96. The van der Waals surface area contributed by atoms with Crippen molar-refractivity contribution < 1.29 is 0 Å². The topological polar surface area (TPSA) is 33.1 Å². The SMILES string of the molecule is CC(C)(C)c1cc(=S)n2[nH]cc(-c3ccccc3)c2n1. The molecule has 0 spiro atoms. The van der Waals surface area contributed by atoms with Crippen molar-refractivity contribution in [1.82, 2.24) is 14.6 Å². The Balaban J connectivity index is 2.31. The standard InChI is InChI=1S/C16H17N3S/c1-16(2,3)13-9-14(20)19-15(18-13)12(10-17-19)11-7-5-4-6-8-11/h4-10,17H,1-3H3. The number of fused-ring (bicyclic) bond motifs is 1. The van der Waals surface area contributed by atoms with Gasteiger partial charge < -0.3 is 0 Å². The molecular formula is C16H17N3S. The smallest absolute Gasteiger partial charge is 0.162 e. The highest BCUT2D eigenvalue weighted by Gasteiger charge is 2.18. The van der Waals surface area contributed by atoms with Gasteiger partial charge in [0.1, 0.15) is 4.64 Å². The van der Waals surface area contributed by atoms with Crippen LogP contribution in [0.4, 0.5) is 0 Å². The molecule has 0 fully saturated rings. The molecule has 0 aliphatic carbocycles. The van der Waals surface area contributed by atoms with Crippen LogP contribution < -0.4 is 0 Å². The maximum Gasteiger partial charge on any atom is 0.162 e. The van der Waals surface area contributed by atoms with Gasteiger partial charge in [-0.15, -0.1) is 0 Å². The molecule has 3 rings (SSSR count). The van der Waals surface area contributed by atoms with Crippen molar-refractivity contribution in [3.63, 3.8) is 0 Å². The molecule has 0 atom stereocenters. The Morgan fingerprint density at radius 2 is 1.85 bits per heavy atom. The van der Waals surface area contributed by atoms with Crippen molar-refractivity contribution in [2.75, 3.05) is 0 Å². The normalized spacial score (nSPS) is 11.9. The van der Waals surface area contributed by atoms with Crippen molar-refractivity contribution in [3.05, 3.63) is 52.9 Å². The number of aromatic nitrogens is 3. The average Bonchev–Trinajstić information content (AvgIpc) is 2.83. The lowest BCUT2D eigenvalue weighted by molar-refractivity contribution is 0.567. The Kier molecular flexibility index (Phi) is 2.98. The first-order chi connectivity index (χ1) is 9.47. The summed E-state index contributed by atoms with van der Waals surface area (Å²) in [5.74, 6) is 0. The van der Waals surface area contributed by atoms with E-state index >= 15 is 0 Å². The maximum atomic E-state index is 5.47. The molecule has 0 aliphatic heterocycles. The molecule has 0 amide bonds. The molecule has 4 heteroatoms. The van der Waals surface area contributed by atoms with Gasteiger partial charge in [0.25, 0.3) is 0 Å². The molecule has 1 N–H and O–H groups in total. The molecule has 0 unspecified atom stereocenters. The highest BCUT2D eigenvalue weighted by molar-refractivity contribution is 7.71. The predicted molar refractivity (Wildman–Crippen MR) is 84.5 cm³/mol. The molecule has 3 aromatic rings. The van der Waals surface area contributed by atoms with E-state index in [2.05, 4.69) is 38.0 Å². The fourth-order valence-corrected chi connectivity index (χ4v) is 2.45. The van der Waals surface area contributed by atoms with E-state index in [4.69, 9.17) is 17.2 Å². The quantitative estimate of drug-likeness (QED) is 0.673. The minimum atomic E-state index is -0.0203. The van der Waals surface area contributed by atoms with Gasteiger partial charge in [0.2, 0.25) is 0 Å². The zero-order valence-corrected chi connectivity index (χ0v) is 12.7. The molecule has 102 valence electrons. The first-order valence-electron chi connectivity index (χ1n) is 6.64. The van der Waals surface area contributed by atoms with Gasteiger partial charge in [-0.3, -0.25) is 5.10 Å². The van der Waals surface area contributed by atoms with Crippen LogP contribution in [-0.4, -0.2) is 14.6 Å². The van der Waals surface area contributed by atoms with Crippen LogP contribution in [0.25, 0.3) is 16.8 Å². The predicted octanol–water partition coefficient (Wildman–Crippen LogP) is 4.36. The van der Waals surface area contributed by atoms with Crippen LogP contribution >= 0.6 is 12.2 Å². The minimum absolute atomic E-state index is 0.0203. The van der Waals surface area contributed by atoms with Gasteiger partial charge in [0.15, 0.2) is 5.65 Å². The third kappa shape index (κ3) is 2.16. The molecule has 2 aromatic heterocycles. The maximum absolute atomic E-state index is 5.47. The molecule has 0 saturated carbocycles. The highest BCUT2D eigenvalue weighted by atomic mass is 32.1. The summed E-state index contributed by atoms with van der Waals surface area (Å²) in [5, 5.41) is 3.18. The summed E-state index contributed by atoms with van der Waals surface area (Å²) in [5.41, 5.74) is 4.09. The van der Waals surface area contributed by atoms with Gasteiger partial charge in [0, 0.05) is 17.2 Å². The molecule has 3 nitrogen and oxygen atoms in total. The Bertz CT molecular complexity index is 807.